The van der Waals surface area contributed by atoms with Gasteiger partial charge in [0.25, 0.3) is 0 Å². The molecule has 0 saturated heterocycles. The number of nitrogens with two attached hydrogens (primary N) is 1. The van der Waals surface area contributed by atoms with E-state index in [1.54, 1.807) is 18.3 Å². The number of anilines is 1. The minimum absolute atomic E-state index is 0.268. The number of pyridine rings is 1. The molecule has 1 aliphatic rings. The number of esters is 1. The first-order valence-electron chi connectivity index (χ1n) is 6.58. The Hall–Kier alpha value is -1.62. The summed E-state index contributed by atoms with van der Waals surface area (Å²) in [6, 6.07) is 1.86. The van der Waals surface area contributed by atoms with E-state index in [1.165, 1.54) is 23.3 Å². The van der Waals surface area contributed by atoms with Gasteiger partial charge in [-0.1, -0.05) is 0 Å². The zero-order chi connectivity index (χ0) is 13.4. The highest BCUT2D eigenvalue weighted by Gasteiger charge is 2.20. The van der Waals surface area contributed by atoms with Crippen molar-refractivity contribution >= 4 is 33.3 Å². The van der Waals surface area contributed by atoms with Crippen LogP contribution in [0.3, 0.4) is 0 Å². The quantitative estimate of drug-likeness (QED) is 0.856. The third-order valence-electron chi connectivity index (χ3n) is 3.47. The topological polar surface area (TPSA) is 65.2 Å². The molecule has 1 aliphatic carbocycles. The van der Waals surface area contributed by atoms with Crippen molar-refractivity contribution in [3.8, 4) is 0 Å². The maximum atomic E-state index is 11.9. The molecule has 0 unspecified atom stereocenters. The molecular weight excluding hydrogens is 260 g/mol. The third-order valence-corrected chi connectivity index (χ3v) is 4.68. The Morgan fingerprint density at radius 2 is 2.26 bits per heavy atom. The van der Waals surface area contributed by atoms with Crippen LogP contribution in [0.5, 0.6) is 0 Å². The highest BCUT2D eigenvalue weighted by molar-refractivity contribution is 7.18. The molecule has 2 heterocycles. The number of aryl methyl sites for hydroxylation is 2. The number of carbonyl (C=O) groups excluding carboxylic acids is 1. The first kappa shape index (κ1) is 12.4. The van der Waals surface area contributed by atoms with Crippen LogP contribution < -0.4 is 5.73 Å². The van der Waals surface area contributed by atoms with Crippen LogP contribution in [0.2, 0.25) is 0 Å². The van der Waals surface area contributed by atoms with Crippen molar-refractivity contribution < 1.29 is 9.53 Å². The molecule has 5 heteroatoms. The van der Waals surface area contributed by atoms with Crippen LogP contribution in [0.15, 0.2) is 6.07 Å². The Labute approximate surface area is 115 Å². The smallest absolute Gasteiger partial charge is 0.341 e. The van der Waals surface area contributed by atoms with E-state index in [1.807, 2.05) is 6.07 Å². The van der Waals surface area contributed by atoms with Gasteiger partial charge in [0.2, 0.25) is 0 Å². The van der Waals surface area contributed by atoms with Crippen LogP contribution in [-0.2, 0) is 17.6 Å². The Balaban J connectivity index is 2.15. The summed E-state index contributed by atoms with van der Waals surface area (Å²) in [4.78, 5) is 18.6. The van der Waals surface area contributed by atoms with Gasteiger partial charge in [-0.2, -0.15) is 0 Å². The summed E-state index contributed by atoms with van der Waals surface area (Å²) >= 11 is 1.70. The van der Waals surface area contributed by atoms with Crippen LogP contribution in [0.1, 0.15) is 40.6 Å². The van der Waals surface area contributed by atoms with Crippen LogP contribution in [0.4, 0.5) is 5.82 Å². The van der Waals surface area contributed by atoms with Crippen molar-refractivity contribution in [3.63, 3.8) is 0 Å². The summed E-state index contributed by atoms with van der Waals surface area (Å²) in [5, 5.41) is 1.08. The summed E-state index contributed by atoms with van der Waals surface area (Å²) in [5.74, 6) is -0.116. The minimum atomic E-state index is -0.384. The van der Waals surface area contributed by atoms with Crippen LogP contribution >= 0.6 is 11.3 Å². The molecule has 0 aromatic carbocycles. The maximum Gasteiger partial charge on any atom is 0.341 e. The van der Waals surface area contributed by atoms with E-state index in [9.17, 15) is 4.79 Å². The molecule has 0 saturated carbocycles. The van der Waals surface area contributed by atoms with E-state index in [0.717, 1.165) is 23.1 Å². The lowest BCUT2D eigenvalue weighted by Gasteiger charge is -2.10. The van der Waals surface area contributed by atoms with E-state index < -0.39 is 0 Å². The number of nitrogen functional groups attached to an aromatic ring is 1. The molecule has 100 valence electrons. The minimum Gasteiger partial charge on any atom is -0.462 e. The first-order valence-corrected chi connectivity index (χ1v) is 7.40. The summed E-state index contributed by atoms with van der Waals surface area (Å²) in [6.07, 6.45) is 4.63. The molecular formula is C14H16N2O2S. The van der Waals surface area contributed by atoms with Crippen molar-refractivity contribution in [1.82, 2.24) is 4.98 Å². The normalized spacial score (nSPS) is 14.4. The number of hydrogen-bond acceptors (Lipinski definition) is 5. The molecule has 0 atom stereocenters. The van der Waals surface area contributed by atoms with Crippen LogP contribution in [0, 0.1) is 0 Å². The van der Waals surface area contributed by atoms with Crippen molar-refractivity contribution in [1.29, 1.82) is 0 Å². The van der Waals surface area contributed by atoms with Gasteiger partial charge in [0.1, 0.15) is 16.2 Å². The van der Waals surface area contributed by atoms with Crippen LogP contribution in [0.25, 0.3) is 10.2 Å². The zero-order valence-corrected chi connectivity index (χ0v) is 11.7. The number of rotatable bonds is 2. The average molecular weight is 276 g/mol. The molecule has 0 bridgehead atoms. The summed E-state index contributed by atoms with van der Waals surface area (Å²) in [7, 11) is 0. The van der Waals surface area contributed by atoms with Crippen molar-refractivity contribution in [2.45, 2.75) is 32.6 Å². The second-order valence-electron chi connectivity index (χ2n) is 4.71. The monoisotopic (exact) mass is 276 g/mol. The highest BCUT2D eigenvalue weighted by atomic mass is 32.1. The van der Waals surface area contributed by atoms with E-state index in [0.29, 0.717) is 12.2 Å². The molecule has 2 aromatic heterocycles. The number of ether oxygens (including phenoxy) is 1. The summed E-state index contributed by atoms with van der Waals surface area (Å²) in [6.45, 7) is 2.13. The SMILES string of the molecule is CCOC(=O)c1cc2c3c(sc2nc1N)CCCC3. The average Bonchev–Trinajstić information content (AvgIpc) is 2.75. The number of nitrogens with zero attached hydrogens (tertiary/aromatic N) is 1. The molecule has 0 fully saturated rings. The molecule has 2 N–H and O–H groups in total. The number of carbonyl (C=O) groups is 1. The second-order valence-corrected chi connectivity index (χ2v) is 5.79. The van der Waals surface area contributed by atoms with Gasteiger partial charge in [0.15, 0.2) is 0 Å². The number of hydrogen-bond donors (Lipinski definition) is 1. The van der Waals surface area contributed by atoms with Gasteiger partial charge in [-0.25, -0.2) is 9.78 Å². The van der Waals surface area contributed by atoms with Crippen molar-refractivity contribution in [3.05, 3.63) is 22.1 Å². The van der Waals surface area contributed by atoms with Gasteiger partial charge in [-0.3, -0.25) is 0 Å². The molecule has 0 amide bonds. The van der Waals surface area contributed by atoms with Gasteiger partial charge in [-0.05, 0) is 44.2 Å². The fourth-order valence-electron chi connectivity index (χ4n) is 2.57. The molecule has 0 radical (unpaired) electrons. The van der Waals surface area contributed by atoms with Crippen LogP contribution in [-0.4, -0.2) is 17.6 Å². The Kier molecular flexibility index (Phi) is 3.14. The third kappa shape index (κ3) is 2.08. The Bertz CT molecular complexity index is 648. The maximum absolute atomic E-state index is 11.9. The Morgan fingerprint density at radius 1 is 1.47 bits per heavy atom. The molecule has 4 nitrogen and oxygen atoms in total. The lowest BCUT2D eigenvalue weighted by atomic mass is 9.96. The zero-order valence-electron chi connectivity index (χ0n) is 10.9. The Morgan fingerprint density at radius 3 is 3.05 bits per heavy atom. The lowest BCUT2D eigenvalue weighted by Crippen LogP contribution is -2.09. The molecule has 0 aliphatic heterocycles. The number of fused-ring (bicyclic) bond motifs is 3. The molecule has 19 heavy (non-hydrogen) atoms. The second kappa shape index (κ2) is 4.81. The molecule has 3 rings (SSSR count). The van der Waals surface area contributed by atoms with E-state index >= 15 is 0 Å². The first-order chi connectivity index (χ1) is 9.20. The summed E-state index contributed by atoms with van der Waals surface area (Å²) < 4.78 is 5.02. The standard InChI is InChI=1S/C14H16N2O2S/c1-2-18-14(17)10-7-9-8-5-3-4-6-11(8)19-13(9)16-12(10)15/h7H,2-6H2,1H3,(H2,15,16). The van der Waals surface area contributed by atoms with Crippen molar-refractivity contribution in [2.24, 2.45) is 0 Å². The fraction of sp³-hybridized carbons (Fsp3) is 0.429. The number of aromatic nitrogens is 1. The lowest BCUT2D eigenvalue weighted by molar-refractivity contribution is 0.0527. The highest BCUT2D eigenvalue weighted by Crippen LogP contribution is 2.36. The fourth-order valence-corrected chi connectivity index (χ4v) is 3.82. The van der Waals surface area contributed by atoms with Gasteiger partial charge >= 0.3 is 5.97 Å². The van der Waals surface area contributed by atoms with Gasteiger partial charge in [0, 0.05) is 10.3 Å². The number of thiophene rings is 1. The van der Waals surface area contributed by atoms with E-state index in [4.69, 9.17) is 10.5 Å². The van der Waals surface area contributed by atoms with Gasteiger partial charge < -0.3 is 10.5 Å². The molecule has 0 spiro atoms. The van der Waals surface area contributed by atoms with Gasteiger partial charge in [-0.15, -0.1) is 11.3 Å². The predicted molar refractivity (Wildman–Crippen MR) is 76.6 cm³/mol. The summed E-state index contributed by atoms with van der Waals surface area (Å²) in [5.41, 5.74) is 7.61. The predicted octanol–water partition coefficient (Wildman–Crippen LogP) is 2.93. The van der Waals surface area contributed by atoms with Gasteiger partial charge in [0.05, 0.1) is 6.61 Å². The van der Waals surface area contributed by atoms with Crippen molar-refractivity contribution in [2.75, 3.05) is 12.3 Å². The molecule has 2 aromatic rings. The van der Waals surface area contributed by atoms with E-state index in [-0.39, 0.29) is 11.8 Å². The van der Waals surface area contributed by atoms with E-state index in [2.05, 4.69) is 4.98 Å². The largest absolute Gasteiger partial charge is 0.462 e.